The Morgan fingerprint density at radius 2 is 2.08 bits per heavy atom. The van der Waals surface area contributed by atoms with E-state index < -0.39 is 0 Å². The molecule has 0 spiro atoms. The number of halogens is 1. The number of nitrogens with one attached hydrogen (secondary N) is 1. The van der Waals surface area contributed by atoms with Crippen LogP contribution in [0.1, 0.15) is 6.42 Å². The summed E-state index contributed by atoms with van der Waals surface area (Å²) in [7, 11) is 1.58. The van der Waals surface area contributed by atoms with E-state index in [2.05, 4.69) is 15.5 Å². The normalized spacial score (nSPS) is 10.5. The molecule has 3 aromatic rings. The number of nitrogens with zero attached hydrogens (tertiary/aromatic N) is 2. The molecule has 1 amide bonds. The molecule has 3 rings (SSSR count). The predicted octanol–water partition coefficient (Wildman–Crippen LogP) is 4.52. The largest absolute Gasteiger partial charge is 0.497 e. The molecular formula is C18H16ClN3O3S. The molecule has 1 heterocycles. The number of carbonyl (C=O) groups excluding carboxylic acids is 1. The van der Waals surface area contributed by atoms with Crippen molar-refractivity contribution in [2.45, 2.75) is 11.6 Å². The molecule has 0 radical (unpaired) electrons. The summed E-state index contributed by atoms with van der Waals surface area (Å²) in [6, 6.07) is 14.4. The molecule has 1 aromatic heterocycles. The number of benzene rings is 2. The third kappa shape index (κ3) is 5.00. The van der Waals surface area contributed by atoms with Crippen molar-refractivity contribution in [3.05, 3.63) is 53.6 Å². The molecule has 0 aliphatic carbocycles. The number of ether oxygens (including phenoxy) is 1. The number of hydrogen-bond acceptors (Lipinski definition) is 6. The zero-order valence-corrected chi connectivity index (χ0v) is 15.5. The number of methoxy groups -OCH3 is 1. The van der Waals surface area contributed by atoms with Gasteiger partial charge in [-0.15, -0.1) is 10.2 Å². The van der Waals surface area contributed by atoms with Gasteiger partial charge in [0.05, 0.1) is 7.11 Å². The van der Waals surface area contributed by atoms with Crippen LogP contribution in [0.3, 0.4) is 0 Å². The van der Waals surface area contributed by atoms with Crippen LogP contribution in [0.5, 0.6) is 5.75 Å². The number of rotatable bonds is 7. The molecule has 6 nitrogen and oxygen atoms in total. The summed E-state index contributed by atoms with van der Waals surface area (Å²) in [6.45, 7) is 0. The van der Waals surface area contributed by atoms with Crippen molar-refractivity contribution in [3.8, 4) is 17.2 Å². The first-order chi connectivity index (χ1) is 12.6. The van der Waals surface area contributed by atoms with E-state index in [4.69, 9.17) is 20.8 Å². The lowest BCUT2D eigenvalue weighted by molar-refractivity contribution is -0.115. The number of anilines is 1. The number of thioether (sulfide) groups is 1. The summed E-state index contributed by atoms with van der Waals surface area (Å²) in [5, 5.41) is 11.8. The molecule has 0 saturated heterocycles. The molecule has 0 aliphatic heterocycles. The van der Waals surface area contributed by atoms with E-state index in [0.717, 1.165) is 5.56 Å². The van der Waals surface area contributed by atoms with Gasteiger partial charge in [-0.3, -0.25) is 4.79 Å². The van der Waals surface area contributed by atoms with E-state index in [9.17, 15) is 4.79 Å². The van der Waals surface area contributed by atoms with Gasteiger partial charge in [0.2, 0.25) is 11.8 Å². The van der Waals surface area contributed by atoms with Gasteiger partial charge in [0.15, 0.2) is 0 Å². The van der Waals surface area contributed by atoms with Gasteiger partial charge in [0, 0.05) is 34.5 Å². The van der Waals surface area contributed by atoms with Crippen molar-refractivity contribution in [3.63, 3.8) is 0 Å². The summed E-state index contributed by atoms with van der Waals surface area (Å²) in [4.78, 5) is 12.0. The Balaban J connectivity index is 1.49. The summed E-state index contributed by atoms with van der Waals surface area (Å²) >= 11 is 7.29. The van der Waals surface area contributed by atoms with Crippen LogP contribution in [0.15, 0.2) is 58.2 Å². The van der Waals surface area contributed by atoms with Crippen molar-refractivity contribution in [2.24, 2.45) is 0 Å². The molecule has 0 atom stereocenters. The Hall–Kier alpha value is -2.51. The topological polar surface area (TPSA) is 77.2 Å². The Morgan fingerprint density at radius 3 is 2.88 bits per heavy atom. The molecule has 134 valence electrons. The predicted molar refractivity (Wildman–Crippen MR) is 102 cm³/mol. The molecule has 2 aromatic carbocycles. The van der Waals surface area contributed by atoms with Crippen LogP contribution in [0, 0.1) is 0 Å². The molecule has 0 aliphatic rings. The highest BCUT2D eigenvalue weighted by Gasteiger charge is 2.10. The van der Waals surface area contributed by atoms with Gasteiger partial charge in [-0.1, -0.05) is 35.5 Å². The van der Waals surface area contributed by atoms with E-state index in [1.807, 2.05) is 30.3 Å². The second-order valence-electron chi connectivity index (χ2n) is 5.26. The van der Waals surface area contributed by atoms with Crippen LogP contribution in [-0.4, -0.2) is 29.0 Å². The third-order valence-corrected chi connectivity index (χ3v) is 4.44. The monoisotopic (exact) mass is 389 g/mol. The summed E-state index contributed by atoms with van der Waals surface area (Å²) in [5.74, 6) is 1.51. The molecule has 0 fully saturated rings. The number of amides is 1. The zero-order valence-electron chi connectivity index (χ0n) is 13.9. The molecule has 0 unspecified atom stereocenters. The summed E-state index contributed by atoms with van der Waals surface area (Å²) in [5.41, 5.74) is 1.45. The minimum atomic E-state index is -0.0969. The van der Waals surface area contributed by atoms with Gasteiger partial charge in [0.1, 0.15) is 5.75 Å². The first-order valence-corrected chi connectivity index (χ1v) is 9.16. The van der Waals surface area contributed by atoms with Crippen LogP contribution in [0.25, 0.3) is 11.5 Å². The maximum absolute atomic E-state index is 12.0. The van der Waals surface area contributed by atoms with Crippen molar-refractivity contribution in [1.82, 2.24) is 10.2 Å². The smallest absolute Gasteiger partial charge is 0.276 e. The Morgan fingerprint density at radius 1 is 1.23 bits per heavy atom. The SMILES string of the molecule is COc1cccc(NC(=O)CCSc2nnc(-c3cccc(Cl)c3)o2)c1. The Kier molecular flexibility index (Phi) is 6.14. The van der Waals surface area contributed by atoms with Crippen molar-refractivity contribution in [2.75, 3.05) is 18.2 Å². The standard InChI is InChI=1S/C18H16ClN3O3S/c1-24-15-7-3-6-14(11-15)20-16(23)8-9-26-18-22-21-17(25-18)12-4-2-5-13(19)10-12/h2-7,10-11H,8-9H2,1H3,(H,20,23). The average Bonchev–Trinajstić information content (AvgIpc) is 3.11. The fourth-order valence-corrected chi connectivity index (χ4v) is 3.05. The van der Waals surface area contributed by atoms with Gasteiger partial charge < -0.3 is 14.5 Å². The van der Waals surface area contributed by atoms with Crippen LogP contribution >= 0.6 is 23.4 Å². The minimum absolute atomic E-state index is 0.0969. The Bertz CT molecular complexity index is 901. The van der Waals surface area contributed by atoms with E-state index in [1.54, 1.807) is 25.3 Å². The fraction of sp³-hybridized carbons (Fsp3) is 0.167. The maximum Gasteiger partial charge on any atom is 0.276 e. The van der Waals surface area contributed by atoms with Crippen molar-refractivity contribution in [1.29, 1.82) is 0 Å². The molecule has 8 heteroatoms. The van der Waals surface area contributed by atoms with Crippen LogP contribution < -0.4 is 10.1 Å². The lowest BCUT2D eigenvalue weighted by atomic mass is 10.2. The molecule has 26 heavy (non-hydrogen) atoms. The lowest BCUT2D eigenvalue weighted by Gasteiger charge is -2.06. The van der Waals surface area contributed by atoms with Gasteiger partial charge in [0.25, 0.3) is 5.22 Å². The second kappa shape index (κ2) is 8.73. The first-order valence-electron chi connectivity index (χ1n) is 7.80. The highest BCUT2D eigenvalue weighted by Crippen LogP contribution is 2.25. The second-order valence-corrected chi connectivity index (χ2v) is 6.74. The van der Waals surface area contributed by atoms with Crippen LogP contribution in [0.4, 0.5) is 5.69 Å². The molecule has 0 saturated carbocycles. The quantitative estimate of drug-likeness (QED) is 0.598. The highest BCUT2D eigenvalue weighted by atomic mass is 35.5. The van der Waals surface area contributed by atoms with Crippen molar-refractivity contribution >= 4 is 35.0 Å². The summed E-state index contributed by atoms with van der Waals surface area (Å²) in [6.07, 6.45) is 0.316. The highest BCUT2D eigenvalue weighted by molar-refractivity contribution is 7.99. The Labute approximate surface area is 159 Å². The van der Waals surface area contributed by atoms with E-state index in [-0.39, 0.29) is 5.91 Å². The van der Waals surface area contributed by atoms with Crippen molar-refractivity contribution < 1.29 is 13.9 Å². The van der Waals surface area contributed by atoms with Gasteiger partial charge in [-0.05, 0) is 30.3 Å². The van der Waals surface area contributed by atoms with Crippen LogP contribution in [0.2, 0.25) is 5.02 Å². The van der Waals surface area contributed by atoms with E-state index in [1.165, 1.54) is 11.8 Å². The number of hydrogen-bond donors (Lipinski definition) is 1. The van der Waals surface area contributed by atoms with Gasteiger partial charge >= 0.3 is 0 Å². The molecule has 1 N–H and O–H groups in total. The van der Waals surface area contributed by atoms with Crippen LogP contribution in [-0.2, 0) is 4.79 Å². The zero-order chi connectivity index (χ0) is 18.4. The van der Waals surface area contributed by atoms with Gasteiger partial charge in [-0.25, -0.2) is 0 Å². The number of carbonyl (C=O) groups is 1. The number of aromatic nitrogens is 2. The van der Waals surface area contributed by atoms with E-state index in [0.29, 0.717) is 39.7 Å². The third-order valence-electron chi connectivity index (χ3n) is 3.39. The van der Waals surface area contributed by atoms with E-state index >= 15 is 0 Å². The minimum Gasteiger partial charge on any atom is -0.497 e. The average molecular weight is 390 g/mol. The maximum atomic E-state index is 12.0. The fourth-order valence-electron chi connectivity index (χ4n) is 2.16. The molecular weight excluding hydrogens is 374 g/mol. The first kappa shape index (κ1) is 18.3. The lowest BCUT2D eigenvalue weighted by Crippen LogP contribution is -2.12. The van der Waals surface area contributed by atoms with Gasteiger partial charge in [-0.2, -0.15) is 0 Å². The summed E-state index contributed by atoms with van der Waals surface area (Å²) < 4.78 is 10.7. The molecule has 0 bridgehead atoms.